The normalized spacial score (nSPS) is 33.7. The lowest BCUT2D eigenvalue weighted by molar-refractivity contribution is -0.140. The molecule has 150 valence electrons. The quantitative estimate of drug-likeness (QED) is 0.761. The van der Waals surface area contributed by atoms with E-state index in [0.29, 0.717) is 12.1 Å². The third-order valence-corrected chi connectivity index (χ3v) is 7.04. The van der Waals surface area contributed by atoms with E-state index in [1.54, 1.807) is 12.2 Å². The Balaban J connectivity index is 1.91. The summed E-state index contributed by atoms with van der Waals surface area (Å²) in [5, 5.41) is 12.7. The van der Waals surface area contributed by atoms with Crippen LogP contribution in [0, 0.1) is 22.7 Å². The Labute approximate surface area is 162 Å². The minimum absolute atomic E-state index is 0.0596. The van der Waals surface area contributed by atoms with Gasteiger partial charge in [0.25, 0.3) is 0 Å². The zero-order valence-electron chi connectivity index (χ0n) is 17.2. The number of allylic oxidation sites excluding steroid dienone is 3. The monoisotopic (exact) mass is 376 g/mol. The molecule has 0 aromatic rings. The maximum atomic E-state index is 14.7. The van der Waals surface area contributed by atoms with Crippen LogP contribution in [0.1, 0.15) is 60.3 Å². The van der Waals surface area contributed by atoms with Crippen molar-refractivity contribution in [1.29, 1.82) is 0 Å². The highest BCUT2D eigenvalue weighted by molar-refractivity contribution is 5.92. The summed E-state index contributed by atoms with van der Waals surface area (Å²) in [4.78, 5) is 16.4. The van der Waals surface area contributed by atoms with Gasteiger partial charge < -0.3 is 10.4 Å². The van der Waals surface area contributed by atoms with Crippen LogP contribution in [0.5, 0.6) is 0 Å². The van der Waals surface area contributed by atoms with Crippen molar-refractivity contribution in [3.05, 3.63) is 23.6 Å². The molecular weight excluding hydrogens is 343 g/mol. The molecule has 1 heterocycles. The van der Waals surface area contributed by atoms with Crippen molar-refractivity contribution in [3.63, 3.8) is 0 Å². The fraction of sp³-hybridized carbons (Fsp3) is 0.727. The van der Waals surface area contributed by atoms with E-state index in [9.17, 15) is 9.18 Å². The van der Waals surface area contributed by atoms with Crippen molar-refractivity contribution in [1.82, 2.24) is 5.32 Å². The molecule has 3 aliphatic rings. The number of hydrogen-bond donors (Lipinski definition) is 2. The molecule has 0 radical (unpaired) electrons. The molecule has 5 heteroatoms. The van der Waals surface area contributed by atoms with E-state index in [4.69, 9.17) is 10.1 Å². The van der Waals surface area contributed by atoms with E-state index in [1.165, 1.54) is 6.42 Å². The summed E-state index contributed by atoms with van der Waals surface area (Å²) < 4.78 is 14.7. The van der Waals surface area contributed by atoms with Crippen LogP contribution in [-0.2, 0) is 4.79 Å². The van der Waals surface area contributed by atoms with Gasteiger partial charge in [-0.25, -0.2) is 4.39 Å². The maximum absolute atomic E-state index is 14.7. The Hall–Kier alpha value is -1.49. The Bertz CT molecular complexity index is 720. The van der Waals surface area contributed by atoms with Crippen LogP contribution < -0.4 is 5.32 Å². The first-order chi connectivity index (χ1) is 12.5. The SMILES string of the molecule is CC(C1=N[C@]2(CNC1)CC(C)(C)CCC2(C)C)C1=C(F)C[C@@H](C(=O)O)C=C1. The van der Waals surface area contributed by atoms with Crippen molar-refractivity contribution < 1.29 is 14.3 Å². The van der Waals surface area contributed by atoms with Crippen LogP contribution in [-0.4, -0.2) is 35.4 Å². The first-order valence-corrected chi connectivity index (χ1v) is 10.1. The molecule has 0 saturated heterocycles. The molecule has 2 N–H and O–H groups in total. The maximum Gasteiger partial charge on any atom is 0.310 e. The number of rotatable bonds is 3. The molecule has 0 aromatic heterocycles. The molecule has 27 heavy (non-hydrogen) atoms. The largest absolute Gasteiger partial charge is 0.481 e. The molecule has 4 nitrogen and oxygen atoms in total. The summed E-state index contributed by atoms with van der Waals surface area (Å²) >= 11 is 0. The van der Waals surface area contributed by atoms with Crippen molar-refractivity contribution in [3.8, 4) is 0 Å². The number of hydrogen-bond acceptors (Lipinski definition) is 3. The molecule has 1 fully saturated rings. The molecular formula is C22H33FN2O2. The lowest BCUT2D eigenvalue weighted by Gasteiger charge is -2.55. The topological polar surface area (TPSA) is 61.7 Å². The predicted molar refractivity (Wildman–Crippen MR) is 107 cm³/mol. The van der Waals surface area contributed by atoms with E-state index in [0.717, 1.165) is 25.1 Å². The molecule has 2 aliphatic carbocycles. The van der Waals surface area contributed by atoms with E-state index < -0.39 is 11.9 Å². The van der Waals surface area contributed by atoms with E-state index in [1.807, 2.05) is 6.92 Å². The van der Waals surface area contributed by atoms with Gasteiger partial charge in [-0.15, -0.1) is 0 Å². The minimum atomic E-state index is -0.977. The second kappa shape index (κ2) is 6.84. The van der Waals surface area contributed by atoms with Gasteiger partial charge in [-0.1, -0.05) is 46.8 Å². The van der Waals surface area contributed by atoms with Crippen molar-refractivity contribution in [2.45, 2.75) is 65.8 Å². The summed E-state index contributed by atoms with van der Waals surface area (Å²) in [6, 6.07) is 0. The van der Waals surface area contributed by atoms with Gasteiger partial charge in [0.1, 0.15) is 5.83 Å². The number of aliphatic imine (C=N–C) groups is 1. The first-order valence-electron chi connectivity index (χ1n) is 10.1. The van der Waals surface area contributed by atoms with Crippen LogP contribution in [0.2, 0.25) is 0 Å². The van der Waals surface area contributed by atoms with Gasteiger partial charge in [0.05, 0.1) is 11.5 Å². The third-order valence-electron chi connectivity index (χ3n) is 7.04. The van der Waals surface area contributed by atoms with Gasteiger partial charge in [0, 0.05) is 31.1 Å². The van der Waals surface area contributed by atoms with Crippen LogP contribution >= 0.6 is 0 Å². The predicted octanol–water partition coefficient (Wildman–Crippen LogP) is 4.53. The smallest absolute Gasteiger partial charge is 0.310 e. The van der Waals surface area contributed by atoms with Crippen molar-refractivity contribution >= 4 is 11.7 Å². The Morgan fingerprint density at radius 3 is 2.67 bits per heavy atom. The van der Waals surface area contributed by atoms with Gasteiger partial charge in [-0.05, 0) is 35.7 Å². The summed E-state index contributed by atoms with van der Waals surface area (Å²) in [5.74, 6) is -2.21. The summed E-state index contributed by atoms with van der Waals surface area (Å²) in [6.45, 7) is 12.7. The third kappa shape index (κ3) is 3.75. The van der Waals surface area contributed by atoms with E-state index in [2.05, 4.69) is 33.0 Å². The van der Waals surface area contributed by atoms with Crippen LogP contribution in [0.15, 0.2) is 28.5 Å². The number of aliphatic carboxylic acids is 1. The number of carboxylic acids is 1. The van der Waals surface area contributed by atoms with Gasteiger partial charge in [0.2, 0.25) is 0 Å². The minimum Gasteiger partial charge on any atom is -0.481 e. The summed E-state index contributed by atoms with van der Waals surface area (Å²) in [5.41, 5.74) is 1.73. The van der Waals surface area contributed by atoms with Crippen molar-refractivity contribution in [2.75, 3.05) is 13.1 Å². The molecule has 0 amide bonds. The van der Waals surface area contributed by atoms with Crippen molar-refractivity contribution in [2.24, 2.45) is 27.7 Å². The second-order valence-corrected chi connectivity index (χ2v) is 10.1. The lowest BCUT2D eigenvalue weighted by atomic mass is 9.56. The van der Waals surface area contributed by atoms with Gasteiger partial charge in [-0.3, -0.25) is 9.79 Å². The molecule has 3 rings (SSSR count). The number of halogens is 1. The average Bonchev–Trinajstić information content (AvgIpc) is 2.58. The van der Waals surface area contributed by atoms with Gasteiger partial charge >= 0.3 is 5.97 Å². The van der Waals surface area contributed by atoms with Gasteiger partial charge in [0.15, 0.2) is 0 Å². The van der Waals surface area contributed by atoms with Crippen LogP contribution in [0.25, 0.3) is 0 Å². The molecule has 1 aliphatic heterocycles. The highest BCUT2D eigenvalue weighted by Crippen LogP contribution is 2.53. The lowest BCUT2D eigenvalue weighted by Crippen LogP contribution is -2.59. The Morgan fingerprint density at radius 1 is 1.33 bits per heavy atom. The molecule has 3 atom stereocenters. The number of carbonyl (C=O) groups is 1. The fourth-order valence-electron chi connectivity index (χ4n) is 4.91. The van der Waals surface area contributed by atoms with Gasteiger partial charge in [-0.2, -0.15) is 0 Å². The number of carboxylic acid groups (broad SMARTS) is 1. The number of nitrogens with zero attached hydrogens (tertiary/aromatic N) is 1. The Kier molecular flexibility index (Phi) is 5.13. The fourth-order valence-corrected chi connectivity index (χ4v) is 4.91. The molecule has 0 bridgehead atoms. The highest BCUT2D eigenvalue weighted by Gasteiger charge is 2.52. The molecule has 1 unspecified atom stereocenters. The van der Waals surface area contributed by atoms with Crippen LogP contribution in [0.4, 0.5) is 4.39 Å². The molecule has 0 aromatic carbocycles. The van der Waals surface area contributed by atoms with E-state index >= 15 is 0 Å². The molecule has 1 spiro atoms. The van der Waals surface area contributed by atoms with Crippen LogP contribution in [0.3, 0.4) is 0 Å². The highest BCUT2D eigenvalue weighted by atomic mass is 19.1. The van der Waals surface area contributed by atoms with E-state index in [-0.39, 0.29) is 34.5 Å². The number of nitrogens with one attached hydrogen (secondary N) is 1. The summed E-state index contributed by atoms with van der Waals surface area (Å²) in [6.07, 6.45) is 6.55. The second-order valence-electron chi connectivity index (χ2n) is 10.1. The summed E-state index contributed by atoms with van der Waals surface area (Å²) in [7, 11) is 0. The zero-order valence-corrected chi connectivity index (χ0v) is 17.2. The average molecular weight is 377 g/mol. The Morgan fingerprint density at radius 2 is 2.04 bits per heavy atom. The molecule has 1 saturated carbocycles. The standard InChI is InChI=1S/C22H33FN2O2/c1-14(16-7-6-15(19(26)27)10-17(16)23)18-11-24-13-22(25-18)12-20(2,3)8-9-21(22,4)5/h6-7,14-15,24H,8-13H2,1-5H3,(H,26,27)/t14?,15-,22-/m0/s1. The zero-order chi connectivity index (χ0) is 20.0. The first kappa shape index (κ1) is 20.2.